The maximum atomic E-state index is 11.9. The number of nitrogens with zero attached hydrogens (tertiary/aromatic N) is 1. The van der Waals surface area contributed by atoms with Crippen LogP contribution in [0, 0.1) is 0 Å². The molecule has 0 spiro atoms. The van der Waals surface area contributed by atoms with Crippen molar-refractivity contribution in [1.82, 2.24) is 0 Å². The van der Waals surface area contributed by atoms with Gasteiger partial charge in [0, 0.05) is 24.2 Å². The second-order valence-electron chi connectivity index (χ2n) is 4.42. The zero-order valence-electron chi connectivity index (χ0n) is 11.9. The highest BCUT2D eigenvalue weighted by atomic mass is 32.2. The minimum Gasteiger partial charge on any atom is -0.433 e. The molecule has 0 saturated heterocycles. The Morgan fingerprint density at radius 1 is 1.40 bits per heavy atom. The fourth-order valence-corrected chi connectivity index (χ4v) is 2.84. The van der Waals surface area contributed by atoms with E-state index in [-0.39, 0.29) is 5.91 Å². The van der Waals surface area contributed by atoms with Crippen molar-refractivity contribution in [3.05, 3.63) is 36.9 Å². The average Bonchev–Trinajstić information content (AvgIpc) is 2.79. The number of benzene rings is 1. The van der Waals surface area contributed by atoms with Gasteiger partial charge in [0.05, 0.1) is 0 Å². The Kier molecular flexibility index (Phi) is 4.90. The third-order valence-electron chi connectivity index (χ3n) is 3.02. The van der Waals surface area contributed by atoms with Crippen LogP contribution in [-0.2, 0) is 4.79 Å². The Balaban J connectivity index is 2.50. The summed E-state index contributed by atoms with van der Waals surface area (Å²) in [6.45, 7) is 7.95. The molecule has 0 atom stereocenters. The van der Waals surface area contributed by atoms with Crippen LogP contribution in [0.3, 0.4) is 0 Å². The van der Waals surface area contributed by atoms with Crippen molar-refractivity contribution in [2.24, 2.45) is 0 Å². The molecule has 0 radical (unpaired) electrons. The molecule has 0 unspecified atom stereocenters. The zero-order chi connectivity index (χ0) is 14.5. The van der Waals surface area contributed by atoms with Crippen molar-refractivity contribution in [3.63, 3.8) is 0 Å². The Labute approximate surface area is 123 Å². The molecule has 1 heterocycles. The first kappa shape index (κ1) is 14.7. The highest BCUT2D eigenvalue weighted by molar-refractivity contribution is 7.99. The first-order valence-corrected chi connectivity index (χ1v) is 7.71. The lowest BCUT2D eigenvalue weighted by molar-refractivity contribution is -0.116. The molecule has 0 aliphatic heterocycles. The van der Waals surface area contributed by atoms with Crippen LogP contribution in [0.25, 0.3) is 10.8 Å². The maximum absolute atomic E-state index is 11.9. The second kappa shape index (κ2) is 6.66. The molecule has 0 aliphatic carbocycles. The third kappa shape index (κ3) is 2.90. The minimum absolute atomic E-state index is 0.0144. The van der Waals surface area contributed by atoms with Crippen LogP contribution >= 0.6 is 11.8 Å². The normalized spacial score (nSPS) is 10.7. The first-order valence-electron chi connectivity index (χ1n) is 6.72. The van der Waals surface area contributed by atoms with Crippen LogP contribution in [0.15, 0.2) is 46.4 Å². The maximum Gasteiger partial charge on any atom is 0.226 e. The predicted molar refractivity (Wildman–Crippen MR) is 85.5 cm³/mol. The quantitative estimate of drug-likeness (QED) is 0.581. The van der Waals surface area contributed by atoms with E-state index in [2.05, 4.69) is 13.5 Å². The van der Waals surface area contributed by atoms with E-state index in [0.29, 0.717) is 12.4 Å². The van der Waals surface area contributed by atoms with Crippen LogP contribution in [0.2, 0.25) is 0 Å². The lowest BCUT2D eigenvalue weighted by atomic mass is 10.2. The minimum atomic E-state index is -0.0144. The van der Waals surface area contributed by atoms with E-state index in [4.69, 9.17) is 4.42 Å². The fraction of sp³-hybridized carbons (Fsp3) is 0.312. The first-order chi connectivity index (χ1) is 9.69. The monoisotopic (exact) mass is 289 g/mol. The topological polar surface area (TPSA) is 33.5 Å². The highest BCUT2D eigenvalue weighted by Gasteiger charge is 2.20. The number of hydrogen-bond acceptors (Lipinski definition) is 3. The van der Waals surface area contributed by atoms with Crippen LogP contribution in [0.1, 0.15) is 20.3 Å². The lowest BCUT2D eigenvalue weighted by Crippen LogP contribution is -2.28. The number of furan rings is 1. The van der Waals surface area contributed by atoms with Crippen LogP contribution in [-0.4, -0.2) is 18.2 Å². The molecule has 2 rings (SSSR count). The molecule has 2 aromatic rings. The summed E-state index contributed by atoms with van der Waals surface area (Å²) in [5.74, 6) is 1.56. The summed E-state index contributed by atoms with van der Waals surface area (Å²) in [5.41, 5.74) is 0. The molecule has 0 bridgehead atoms. The van der Waals surface area contributed by atoms with Crippen LogP contribution in [0.5, 0.6) is 0 Å². The van der Waals surface area contributed by atoms with Gasteiger partial charge in [0.15, 0.2) is 5.09 Å². The van der Waals surface area contributed by atoms with Gasteiger partial charge in [0.2, 0.25) is 11.8 Å². The molecule has 3 nitrogen and oxygen atoms in total. The molecule has 106 valence electrons. The smallest absolute Gasteiger partial charge is 0.226 e. The second-order valence-corrected chi connectivity index (χ2v) is 5.66. The van der Waals surface area contributed by atoms with Gasteiger partial charge in [-0.2, -0.15) is 0 Å². The van der Waals surface area contributed by atoms with Crippen LogP contribution in [0.4, 0.5) is 5.88 Å². The van der Waals surface area contributed by atoms with Gasteiger partial charge in [-0.3, -0.25) is 9.69 Å². The van der Waals surface area contributed by atoms with E-state index in [1.807, 2.05) is 30.3 Å². The Morgan fingerprint density at radius 2 is 2.10 bits per heavy atom. The van der Waals surface area contributed by atoms with E-state index in [1.54, 1.807) is 23.6 Å². The summed E-state index contributed by atoms with van der Waals surface area (Å²) in [4.78, 5) is 13.6. The highest BCUT2D eigenvalue weighted by Crippen LogP contribution is 2.38. The van der Waals surface area contributed by atoms with Gasteiger partial charge >= 0.3 is 0 Å². The Bertz CT molecular complexity index is 618. The predicted octanol–water partition coefficient (Wildman–Crippen LogP) is 4.47. The van der Waals surface area contributed by atoms with Crippen molar-refractivity contribution in [2.75, 3.05) is 17.2 Å². The van der Waals surface area contributed by atoms with Crippen LogP contribution < -0.4 is 4.90 Å². The third-order valence-corrected chi connectivity index (χ3v) is 3.88. The molecule has 0 saturated carbocycles. The van der Waals surface area contributed by atoms with Gasteiger partial charge in [-0.05, 0) is 24.3 Å². The van der Waals surface area contributed by atoms with Gasteiger partial charge in [0.25, 0.3) is 0 Å². The molecule has 1 amide bonds. The Morgan fingerprint density at radius 3 is 2.70 bits per heavy atom. The molecule has 0 aliphatic rings. The summed E-state index contributed by atoms with van der Waals surface area (Å²) in [6, 6.07) is 7.99. The Hall–Kier alpha value is -1.68. The lowest BCUT2D eigenvalue weighted by Gasteiger charge is -2.17. The fourth-order valence-electron chi connectivity index (χ4n) is 2.11. The number of anilines is 1. The standard InChI is InChI=1S/C16H19NO2S/c1-4-6-11-17(12(3)18)15-13-9-7-8-10-14(13)16(19-15)20-5-2/h4,7-10H,1,5-6,11H2,2-3H3. The molecule has 20 heavy (non-hydrogen) atoms. The van der Waals surface area contributed by atoms with Gasteiger partial charge in [-0.15, -0.1) is 6.58 Å². The number of carbonyl (C=O) groups is 1. The van der Waals surface area contributed by atoms with E-state index < -0.39 is 0 Å². The van der Waals surface area contributed by atoms with Crippen molar-refractivity contribution in [3.8, 4) is 0 Å². The summed E-state index contributed by atoms with van der Waals surface area (Å²) in [6.07, 6.45) is 2.55. The van der Waals surface area contributed by atoms with Gasteiger partial charge in [-0.25, -0.2) is 0 Å². The molecule has 4 heteroatoms. The number of thioether (sulfide) groups is 1. The van der Waals surface area contributed by atoms with E-state index in [0.717, 1.165) is 28.0 Å². The zero-order valence-corrected chi connectivity index (χ0v) is 12.7. The van der Waals surface area contributed by atoms with E-state index >= 15 is 0 Å². The number of rotatable bonds is 6. The average molecular weight is 289 g/mol. The number of hydrogen-bond donors (Lipinski definition) is 0. The summed E-state index contributed by atoms with van der Waals surface area (Å²) < 4.78 is 5.96. The number of carbonyl (C=O) groups excluding carboxylic acids is 1. The molecular weight excluding hydrogens is 270 g/mol. The summed E-state index contributed by atoms with van der Waals surface area (Å²) in [7, 11) is 0. The SMILES string of the molecule is C=CCCN(C(C)=O)c1oc(SCC)c2ccccc12. The molecular formula is C16H19NO2S. The number of amides is 1. The number of fused-ring (bicyclic) bond motifs is 1. The van der Waals surface area contributed by atoms with E-state index in [9.17, 15) is 4.79 Å². The van der Waals surface area contributed by atoms with Crippen molar-refractivity contribution in [2.45, 2.75) is 25.4 Å². The van der Waals surface area contributed by atoms with Gasteiger partial charge in [-0.1, -0.05) is 36.9 Å². The van der Waals surface area contributed by atoms with Crippen molar-refractivity contribution < 1.29 is 9.21 Å². The van der Waals surface area contributed by atoms with Gasteiger partial charge < -0.3 is 4.42 Å². The van der Waals surface area contributed by atoms with E-state index in [1.165, 1.54) is 0 Å². The molecule has 1 aromatic heterocycles. The summed E-state index contributed by atoms with van der Waals surface area (Å²) >= 11 is 1.65. The van der Waals surface area contributed by atoms with Gasteiger partial charge in [0.1, 0.15) is 0 Å². The van der Waals surface area contributed by atoms with Crippen molar-refractivity contribution >= 4 is 34.3 Å². The molecule has 0 N–H and O–H groups in total. The molecule has 1 aromatic carbocycles. The largest absolute Gasteiger partial charge is 0.433 e. The summed E-state index contributed by atoms with van der Waals surface area (Å²) in [5, 5.41) is 2.94. The molecule has 0 fully saturated rings. The van der Waals surface area contributed by atoms with Crippen molar-refractivity contribution in [1.29, 1.82) is 0 Å².